The molecule has 0 radical (unpaired) electrons. The third-order valence-electron chi connectivity index (χ3n) is 4.35. The summed E-state index contributed by atoms with van der Waals surface area (Å²) in [6.07, 6.45) is 1.89. The van der Waals surface area contributed by atoms with Crippen LogP contribution >= 0.6 is 0 Å². The van der Waals surface area contributed by atoms with Gasteiger partial charge in [-0.15, -0.1) is 0 Å². The highest BCUT2D eigenvalue weighted by Gasteiger charge is 2.06. The van der Waals surface area contributed by atoms with Crippen molar-refractivity contribution in [3.63, 3.8) is 0 Å². The number of nitrogens with one attached hydrogen (secondary N) is 2. The van der Waals surface area contributed by atoms with Crippen molar-refractivity contribution in [2.24, 2.45) is 5.92 Å². The average molecular weight is 345 g/mol. The van der Waals surface area contributed by atoms with Gasteiger partial charge >= 0.3 is 0 Å². The number of pyridine rings is 1. The highest BCUT2D eigenvalue weighted by Crippen LogP contribution is 2.26. The molecule has 0 saturated heterocycles. The van der Waals surface area contributed by atoms with Crippen molar-refractivity contribution in [1.29, 1.82) is 0 Å². The van der Waals surface area contributed by atoms with E-state index in [1.54, 1.807) is 0 Å². The van der Waals surface area contributed by atoms with Crippen molar-refractivity contribution in [2.45, 2.75) is 20.4 Å². The van der Waals surface area contributed by atoms with E-state index in [1.807, 2.05) is 24.4 Å². The van der Waals surface area contributed by atoms with Gasteiger partial charge < -0.3 is 15.0 Å². The maximum Gasteiger partial charge on any atom is 0.126 e. The first kappa shape index (κ1) is 16.5. The molecule has 0 spiro atoms. The molecule has 132 valence electrons. The summed E-state index contributed by atoms with van der Waals surface area (Å²) in [5.41, 5.74) is 3.37. The van der Waals surface area contributed by atoms with Crippen molar-refractivity contribution >= 4 is 27.6 Å². The molecule has 0 bridgehead atoms. The van der Waals surface area contributed by atoms with Crippen molar-refractivity contribution in [2.75, 3.05) is 11.9 Å². The third-order valence-corrected chi connectivity index (χ3v) is 4.35. The monoisotopic (exact) mass is 345 g/mol. The second kappa shape index (κ2) is 7.08. The third kappa shape index (κ3) is 3.49. The fraction of sp³-hybridized carbons (Fsp3) is 0.227. The van der Waals surface area contributed by atoms with Gasteiger partial charge in [-0.05, 0) is 35.7 Å². The zero-order chi connectivity index (χ0) is 17.9. The number of hydrogen-bond acceptors (Lipinski definition) is 3. The van der Waals surface area contributed by atoms with E-state index in [0.717, 1.165) is 29.2 Å². The second-order valence-electron chi connectivity index (χ2n) is 6.99. The molecular formula is C22H23N3O. The normalized spacial score (nSPS) is 11.3. The zero-order valence-corrected chi connectivity index (χ0v) is 15.1. The van der Waals surface area contributed by atoms with Gasteiger partial charge in [-0.1, -0.05) is 44.2 Å². The number of aromatic amines is 1. The first-order valence-corrected chi connectivity index (χ1v) is 9.01. The summed E-state index contributed by atoms with van der Waals surface area (Å²) in [6.45, 7) is 5.74. The van der Waals surface area contributed by atoms with Gasteiger partial charge in [-0.25, -0.2) is 4.98 Å². The molecule has 0 saturated carbocycles. The molecule has 2 aromatic heterocycles. The molecule has 26 heavy (non-hydrogen) atoms. The van der Waals surface area contributed by atoms with Crippen LogP contribution in [0.4, 0.5) is 5.82 Å². The van der Waals surface area contributed by atoms with Crippen LogP contribution in [0.1, 0.15) is 19.4 Å². The van der Waals surface area contributed by atoms with Crippen LogP contribution in [0, 0.1) is 5.92 Å². The Kier molecular flexibility index (Phi) is 4.48. The molecule has 0 amide bonds. The molecule has 0 fully saturated rings. The van der Waals surface area contributed by atoms with Gasteiger partial charge in [0, 0.05) is 22.8 Å². The van der Waals surface area contributed by atoms with Crippen molar-refractivity contribution in [3.8, 4) is 5.75 Å². The van der Waals surface area contributed by atoms with Gasteiger partial charge in [0.2, 0.25) is 0 Å². The second-order valence-corrected chi connectivity index (χ2v) is 6.99. The lowest BCUT2D eigenvalue weighted by molar-refractivity contribution is 0.271. The van der Waals surface area contributed by atoms with Crippen LogP contribution in [-0.4, -0.2) is 16.6 Å². The molecule has 2 N–H and O–H groups in total. The Labute approximate surface area is 153 Å². The van der Waals surface area contributed by atoms with Crippen molar-refractivity contribution in [3.05, 3.63) is 66.4 Å². The zero-order valence-electron chi connectivity index (χ0n) is 15.1. The Morgan fingerprint density at radius 1 is 1.00 bits per heavy atom. The number of ether oxygens (including phenoxy) is 1. The summed E-state index contributed by atoms with van der Waals surface area (Å²) in [5.74, 6) is 2.30. The average Bonchev–Trinajstić information content (AvgIpc) is 3.03. The number of H-pyrrole nitrogens is 1. The van der Waals surface area contributed by atoms with E-state index in [0.29, 0.717) is 12.5 Å². The fourth-order valence-corrected chi connectivity index (χ4v) is 3.05. The quantitative estimate of drug-likeness (QED) is 0.494. The molecule has 4 rings (SSSR count). The van der Waals surface area contributed by atoms with E-state index in [2.05, 4.69) is 65.5 Å². The maximum absolute atomic E-state index is 5.81. The van der Waals surface area contributed by atoms with E-state index < -0.39 is 0 Å². The minimum Gasteiger partial charge on any atom is -0.493 e. The Morgan fingerprint density at radius 3 is 2.77 bits per heavy atom. The van der Waals surface area contributed by atoms with Crippen LogP contribution in [-0.2, 0) is 6.54 Å². The minimum atomic E-state index is 0.517. The van der Waals surface area contributed by atoms with Gasteiger partial charge in [0.05, 0.1) is 18.3 Å². The Balaban J connectivity index is 1.51. The van der Waals surface area contributed by atoms with E-state index >= 15 is 0 Å². The number of aromatic nitrogens is 2. The predicted octanol–water partition coefficient (Wildman–Crippen LogP) is 5.36. The maximum atomic E-state index is 5.81. The summed E-state index contributed by atoms with van der Waals surface area (Å²) < 4.78 is 5.81. The van der Waals surface area contributed by atoms with Crippen LogP contribution in [0.2, 0.25) is 0 Å². The summed E-state index contributed by atoms with van der Waals surface area (Å²) in [4.78, 5) is 7.93. The summed E-state index contributed by atoms with van der Waals surface area (Å²) in [5, 5.41) is 5.83. The largest absolute Gasteiger partial charge is 0.493 e. The molecule has 0 unspecified atom stereocenters. The topological polar surface area (TPSA) is 49.9 Å². The fourth-order valence-electron chi connectivity index (χ4n) is 3.05. The first-order valence-electron chi connectivity index (χ1n) is 9.01. The lowest BCUT2D eigenvalue weighted by atomic mass is 10.2. The minimum absolute atomic E-state index is 0.517. The van der Waals surface area contributed by atoms with E-state index in [9.17, 15) is 0 Å². The summed E-state index contributed by atoms with van der Waals surface area (Å²) in [6, 6.07) is 18.6. The number of anilines is 1. The molecule has 4 heteroatoms. The molecular weight excluding hydrogens is 322 g/mol. The van der Waals surface area contributed by atoms with Crippen LogP contribution in [0.15, 0.2) is 60.8 Å². The van der Waals surface area contributed by atoms with E-state index in [1.165, 1.54) is 16.3 Å². The number of fused-ring (bicyclic) bond motifs is 3. The Hall–Kier alpha value is -3.01. The highest BCUT2D eigenvalue weighted by atomic mass is 16.5. The summed E-state index contributed by atoms with van der Waals surface area (Å²) >= 11 is 0. The van der Waals surface area contributed by atoms with Crippen LogP contribution < -0.4 is 10.1 Å². The van der Waals surface area contributed by atoms with Crippen LogP contribution in [0.3, 0.4) is 0 Å². The predicted molar refractivity (Wildman–Crippen MR) is 108 cm³/mol. The molecule has 2 aromatic carbocycles. The standard InChI is InChI=1S/C22H23N3O/c1-15(2)14-26-17-7-5-6-16(10-17)12-23-22-11-19-18-8-3-4-9-20(18)25-21(19)13-24-22/h3-11,13,15,25H,12,14H2,1-2H3,(H,23,24). The van der Waals surface area contributed by atoms with Gasteiger partial charge in [-0.3, -0.25) is 0 Å². The lowest BCUT2D eigenvalue weighted by Gasteiger charge is -2.11. The number of para-hydroxylation sites is 1. The highest BCUT2D eigenvalue weighted by molar-refractivity contribution is 6.07. The molecule has 2 heterocycles. The number of rotatable bonds is 6. The molecule has 4 aromatic rings. The molecule has 0 aliphatic heterocycles. The van der Waals surface area contributed by atoms with E-state index in [-0.39, 0.29) is 0 Å². The first-order chi connectivity index (χ1) is 12.7. The Morgan fingerprint density at radius 2 is 1.88 bits per heavy atom. The molecule has 0 atom stereocenters. The van der Waals surface area contributed by atoms with Gasteiger partial charge in [0.1, 0.15) is 11.6 Å². The van der Waals surface area contributed by atoms with E-state index in [4.69, 9.17) is 4.74 Å². The molecule has 4 nitrogen and oxygen atoms in total. The van der Waals surface area contributed by atoms with Crippen LogP contribution in [0.5, 0.6) is 5.75 Å². The summed E-state index contributed by atoms with van der Waals surface area (Å²) in [7, 11) is 0. The van der Waals surface area contributed by atoms with Gasteiger partial charge in [0.15, 0.2) is 0 Å². The number of nitrogens with zero attached hydrogens (tertiary/aromatic N) is 1. The number of hydrogen-bond donors (Lipinski definition) is 2. The SMILES string of the molecule is CC(C)COc1cccc(CNc2cc3c(cn2)[nH]c2ccccc23)c1. The van der Waals surface area contributed by atoms with Gasteiger partial charge in [0.25, 0.3) is 0 Å². The van der Waals surface area contributed by atoms with Crippen molar-refractivity contribution < 1.29 is 4.74 Å². The number of benzene rings is 2. The Bertz CT molecular complexity index is 1040. The lowest BCUT2D eigenvalue weighted by Crippen LogP contribution is -2.05. The smallest absolute Gasteiger partial charge is 0.126 e. The van der Waals surface area contributed by atoms with Crippen molar-refractivity contribution in [1.82, 2.24) is 9.97 Å². The van der Waals surface area contributed by atoms with Gasteiger partial charge in [-0.2, -0.15) is 0 Å². The van der Waals surface area contributed by atoms with Crippen LogP contribution in [0.25, 0.3) is 21.8 Å². The molecule has 0 aliphatic rings. The molecule has 0 aliphatic carbocycles.